The van der Waals surface area contributed by atoms with Crippen LogP contribution in [0.5, 0.6) is 5.75 Å². The molecule has 0 unspecified atom stereocenters. The monoisotopic (exact) mass is 390 g/mol. The number of hydrogen-bond acceptors (Lipinski definition) is 4. The predicted molar refractivity (Wildman–Crippen MR) is 111 cm³/mol. The zero-order valence-electron chi connectivity index (χ0n) is 16.8. The molecule has 2 heterocycles. The molecule has 2 aromatic heterocycles. The Labute approximate surface area is 170 Å². The zero-order valence-corrected chi connectivity index (χ0v) is 16.8. The second kappa shape index (κ2) is 7.50. The molecule has 0 aliphatic heterocycles. The first kappa shape index (κ1) is 18.2. The summed E-state index contributed by atoms with van der Waals surface area (Å²) in [5.74, 6) is 0.839. The molecule has 0 saturated heterocycles. The van der Waals surface area contributed by atoms with Gasteiger partial charge in [0.15, 0.2) is 5.65 Å². The van der Waals surface area contributed by atoms with Crippen LogP contribution in [-0.4, -0.2) is 38.5 Å². The van der Waals surface area contributed by atoms with E-state index >= 15 is 0 Å². The first-order chi connectivity index (χ1) is 14.2. The summed E-state index contributed by atoms with van der Waals surface area (Å²) in [7, 11) is 1.66. The summed E-state index contributed by atoms with van der Waals surface area (Å²) in [4.78, 5) is 24.5. The molecule has 1 amide bonds. The van der Waals surface area contributed by atoms with Crippen LogP contribution in [0.3, 0.4) is 0 Å². The van der Waals surface area contributed by atoms with Crippen molar-refractivity contribution >= 4 is 17.1 Å². The quantitative estimate of drug-likeness (QED) is 0.627. The van der Waals surface area contributed by atoms with Crippen LogP contribution >= 0.6 is 0 Å². The van der Waals surface area contributed by atoms with E-state index in [2.05, 4.69) is 14.5 Å². The number of ether oxygens (including phenoxy) is 1. The molecule has 0 bridgehead atoms. The molecule has 6 nitrogen and oxygen atoms in total. The van der Waals surface area contributed by atoms with Crippen LogP contribution in [0.1, 0.15) is 60.5 Å². The molecule has 3 aromatic rings. The highest BCUT2D eigenvalue weighted by molar-refractivity contribution is 5.96. The third-order valence-corrected chi connectivity index (χ3v) is 6.11. The molecule has 1 aromatic carbocycles. The highest BCUT2D eigenvalue weighted by atomic mass is 16.5. The van der Waals surface area contributed by atoms with Gasteiger partial charge in [0.1, 0.15) is 11.3 Å². The standard InChI is InChI=1S/C23H26N4O2/c1-29-20-8-4-5-16(11-20)14-26(19-9-10-19)23(28)17-12-21-22(24-13-17)27(15-25-21)18-6-2-3-7-18/h4-5,8,11-13,15,18-19H,2-3,6-7,9-10,14H2,1H3. The van der Waals surface area contributed by atoms with E-state index in [9.17, 15) is 4.79 Å². The molecule has 2 saturated carbocycles. The Morgan fingerprint density at radius 2 is 2.00 bits per heavy atom. The van der Waals surface area contributed by atoms with Gasteiger partial charge < -0.3 is 14.2 Å². The number of imidazole rings is 1. The van der Waals surface area contributed by atoms with Gasteiger partial charge in [-0.15, -0.1) is 0 Å². The van der Waals surface area contributed by atoms with E-state index in [1.54, 1.807) is 13.3 Å². The fraction of sp³-hybridized carbons (Fsp3) is 0.435. The molecule has 0 radical (unpaired) electrons. The van der Waals surface area contributed by atoms with Crippen molar-refractivity contribution in [2.24, 2.45) is 0 Å². The van der Waals surface area contributed by atoms with Crippen molar-refractivity contribution in [3.8, 4) is 5.75 Å². The second-order valence-electron chi connectivity index (χ2n) is 8.17. The van der Waals surface area contributed by atoms with Crippen molar-refractivity contribution in [3.05, 3.63) is 54.0 Å². The Kier molecular flexibility index (Phi) is 4.70. The lowest BCUT2D eigenvalue weighted by Crippen LogP contribution is -2.32. The van der Waals surface area contributed by atoms with Gasteiger partial charge in [0.05, 0.1) is 19.0 Å². The van der Waals surface area contributed by atoms with E-state index in [0.29, 0.717) is 24.2 Å². The summed E-state index contributed by atoms with van der Waals surface area (Å²) in [6.45, 7) is 0.579. The average molecular weight is 390 g/mol. The van der Waals surface area contributed by atoms with Crippen LogP contribution in [0.2, 0.25) is 0 Å². The molecule has 0 spiro atoms. The third-order valence-electron chi connectivity index (χ3n) is 6.11. The van der Waals surface area contributed by atoms with Crippen LogP contribution in [0.4, 0.5) is 0 Å². The lowest BCUT2D eigenvalue weighted by Gasteiger charge is -2.23. The Morgan fingerprint density at radius 1 is 1.17 bits per heavy atom. The lowest BCUT2D eigenvalue weighted by atomic mass is 10.1. The number of nitrogens with zero attached hydrogens (tertiary/aromatic N) is 4. The number of carbonyl (C=O) groups excluding carboxylic acids is 1. The summed E-state index contributed by atoms with van der Waals surface area (Å²) in [6, 6.07) is 10.6. The third kappa shape index (κ3) is 3.59. The van der Waals surface area contributed by atoms with Crippen LogP contribution < -0.4 is 4.74 Å². The largest absolute Gasteiger partial charge is 0.497 e. The minimum atomic E-state index is 0.0279. The number of hydrogen-bond donors (Lipinski definition) is 0. The van der Waals surface area contributed by atoms with E-state index in [1.807, 2.05) is 41.6 Å². The van der Waals surface area contributed by atoms with E-state index in [1.165, 1.54) is 25.7 Å². The van der Waals surface area contributed by atoms with Crippen molar-refractivity contribution in [3.63, 3.8) is 0 Å². The lowest BCUT2D eigenvalue weighted by molar-refractivity contribution is 0.0729. The Morgan fingerprint density at radius 3 is 2.76 bits per heavy atom. The van der Waals surface area contributed by atoms with Gasteiger partial charge in [-0.2, -0.15) is 0 Å². The molecule has 0 N–H and O–H groups in total. The van der Waals surface area contributed by atoms with E-state index < -0.39 is 0 Å². The summed E-state index contributed by atoms with van der Waals surface area (Å²) in [5.41, 5.74) is 3.38. The molecule has 2 aliphatic rings. The van der Waals surface area contributed by atoms with E-state index in [-0.39, 0.29) is 5.91 Å². The predicted octanol–water partition coefficient (Wildman–Crippen LogP) is 4.36. The minimum absolute atomic E-state index is 0.0279. The van der Waals surface area contributed by atoms with Gasteiger partial charge >= 0.3 is 0 Å². The maximum atomic E-state index is 13.3. The topological polar surface area (TPSA) is 60.2 Å². The minimum Gasteiger partial charge on any atom is -0.497 e. The summed E-state index contributed by atoms with van der Waals surface area (Å²) < 4.78 is 7.51. The number of amides is 1. The summed E-state index contributed by atoms with van der Waals surface area (Å²) in [6.07, 6.45) is 10.6. The molecule has 150 valence electrons. The SMILES string of the molecule is COc1cccc(CN(C(=O)c2cnc3c(c2)ncn3C2CCCC2)C2CC2)c1. The molecular formula is C23H26N4O2. The molecule has 29 heavy (non-hydrogen) atoms. The van der Waals surface area contributed by atoms with Crippen molar-refractivity contribution in [1.29, 1.82) is 0 Å². The fourth-order valence-corrected chi connectivity index (χ4v) is 4.37. The first-order valence-electron chi connectivity index (χ1n) is 10.5. The Hall–Kier alpha value is -2.89. The molecular weight excluding hydrogens is 364 g/mol. The zero-order chi connectivity index (χ0) is 19.8. The van der Waals surface area contributed by atoms with Gasteiger partial charge in [-0.3, -0.25) is 4.79 Å². The number of fused-ring (bicyclic) bond motifs is 1. The van der Waals surface area contributed by atoms with Gasteiger partial charge in [-0.25, -0.2) is 9.97 Å². The fourth-order valence-electron chi connectivity index (χ4n) is 4.37. The van der Waals surface area contributed by atoms with Crippen LogP contribution in [0.15, 0.2) is 42.9 Å². The maximum absolute atomic E-state index is 13.3. The van der Waals surface area contributed by atoms with Crippen LogP contribution in [-0.2, 0) is 6.54 Å². The van der Waals surface area contributed by atoms with Crippen molar-refractivity contribution in [2.75, 3.05) is 7.11 Å². The van der Waals surface area contributed by atoms with Crippen molar-refractivity contribution in [2.45, 2.75) is 57.2 Å². The number of pyridine rings is 1. The van der Waals surface area contributed by atoms with E-state index in [0.717, 1.165) is 35.3 Å². The summed E-state index contributed by atoms with van der Waals surface area (Å²) >= 11 is 0. The first-order valence-corrected chi connectivity index (χ1v) is 10.5. The number of benzene rings is 1. The van der Waals surface area contributed by atoms with Crippen LogP contribution in [0.25, 0.3) is 11.2 Å². The summed E-state index contributed by atoms with van der Waals surface area (Å²) in [5, 5.41) is 0. The average Bonchev–Trinajstić information content (AvgIpc) is 3.28. The highest BCUT2D eigenvalue weighted by Gasteiger charge is 2.33. The normalized spacial score (nSPS) is 17.0. The highest BCUT2D eigenvalue weighted by Crippen LogP contribution is 2.33. The van der Waals surface area contributed by atoms with Crippen LogP contribution in [0, 0.1) is 0 Å². The van der Waals surface area contributed by atoms with Gasteiger partial charge in [0.25, 0.3) is 5.91 Å². The van der Waals surface area contributed by atoms with E-state index in [4.69, 9.17) is 4.74 Å². The van der Waals surface area contributed by atoms with Crippen molar-refractivity contribution < 1.29 is 9.53 Å². The van der Waals surface area contributed by atoms with Gasteiger partial charge in [-0.05, 0) is 49.4 Å². The molecule has 2 fully saturated rings. The number of aromatic nitrogens is 3. The number of carbonyl (C=O) groups is 1. The maximum Gasteiger partial charge on any atom is 0.256 e. The van der Waals surface area contributed by atoms with Gasteiger partial charge in [0, 0.05) is 24.8 Å². The molecule has 5 rings (SSSR count). The molecule has 0 atom stereocenters. The second-order valence-corrected chi connectivity index (χ2v) is 8.17. The molecule has 6 heteroatoms. The smallest absolute Gasteiger partial charge is 0.256 e. The number of methoxy groups -OCH3 is 1. The van der Waals surface area contributed by atoms with Crippen molar-refractivity contribution in [1.82, 2.24) is 19.4 Å². The number of rotatable bonds is 6. The van der Waals surface area contributed by atoms with Gasteiger partial charge in [-0.1, -0.05) is 25.0 Å². The van der Waals surface area contributed by atoms with Gasteiger partial charge in [0.2, 0.25) is 0 Å². The Bertz CT molecular complexity index is 1030. The Balaban J connectivity index is 1.40. The molecule has 2 aliphatic carbocycles.